The monoisotopic (exact) mass is 227 g/mol. The smallest absolute Gasteiger partial charge is 0.324 e. The Hall–Kier alpha value is -1.63. The van der Waals surface area contributed by atoms with Crippen molar-refractivity contribution >= 4 is 5.95 Å². The van der Waals surface area contributed by atoms with Crippen molar-refractivity contribution in [3.8, 4) is 12.0 Å². The molecule has 0 unspecified atom stereocenters. The van der Waals surface area contributed by atoms with Crippen molar-refractivity contribution in [3.05, 3.63) is 0 Å². The Balaban J connectivity index is 3.00. The van der Waals surface area contributed by atoms with E-state index in [1.165, 1.54) is 14.2 Å². The lowest BCUT2D eigenvalue weighted by atomic mass is 10.5. The molecular formula is C9H17N5O2. The molecule has 0 bridgehead atoms. The number of ether oxygens (including phenoxy) is 2. The van der Waals surface area contributed by atoms with E-state index in [0.717, 1.165) is 6.54 Å². The first-order valence-electron chi connectivity index (χ1n) is 5.04. The summed E-state index contributed by atoms with van der Waals surface area (Å²) in [6.45, 7) is 3.96. The first-order valence-corrected chi connectivity index (χ1v) is 5.04. The molecule has 0 saturated carbocycles. The predicted octanol–water partition coefficient (Wildman–Crippen LogP) is -0.326. The predicted molar refractivity (Wildman–Crippen MR) is 59.9 cm³/mol. The summed E-state index contributed by atoms with van der Waals surface area (Å²) >= 11 is 0. The second kappa shape index (κ2) is 6.06. The molecule has 2 N–H and O–H groups in total. The molecule has 1 heterocycles. The summed E-state index contributed by atoms with van der Waals surface area (Å²) in [5, 5.41) is 0. The SMILES string of the molecule is CCN(CCN)c1nc(OC)nc(OC)n1. The van der Waals surface area contributed by atoms with Crippen LogP contribution in [0.25, 0.3) is 0 Å². The molecule has 0 aliphatic rings. The highest BCUT2D eigenvalue weighted by molar-refractivity contribution is 5.31. The Morgan fingerprint density at radius 2 is 1.69 bits per heavy atom. The van der Waals surface area contributed by atoms with Crippen molar-refractivity contribution in [2.75, 3.05) is 38.8 Å². The maximum atomic E-state index is 5.51. The van der Waals surface area contributed by atoms with E-state index in [9.17, 15) is 0 Å². The van der Waals surface area contributed by atoms with E-state index in [0.29, 0.717) is 19.0 Å². The van der Waals surface area contributed by atoms with Gasteiger partial charge in [0.1, 0.15) is 0 Å². The van der Waals surface area contributed by atoms with Crippen LogP contribution in [-0.2, 0) is 0 Å². The van der Waals surface area contributed by atoms with E-state index >= 15 is 0 Å². The molecule has 0 amide bonds. The Kier molecular flexibility index (Phi) is 4.71. The fourth-order valence-electron chi connectivity index (χ4n) is 1.21. The van der Waals surface area contributed by atoms with Crippen molar-refractivity contribution < 1.29 is 9.47 Å². The van der Waals surface area contributed by atoms with Gasteiger partial charge < -0.3 is 20.1 Å². The van der Waals surface area contributed by atoms with E-state index in [4.69, 9.17) is 15.2 Å². The molecule has 90 valence electrons. The van der Waals surface area contributed by atoms with Crippen LogP contribution in [0.2, 0.25) is 0 Å². The fourth-order valence-corrected chi connectivity index (χ4v) is 1.21. The van der Waals surface area contributed by atoms with Gasteiger partial charge in [0.2, 0.25) is 5.95 Å². The van der Waals surface area contributed by atoms with Gasteiger partial charge in [-0.25, -0.2) is 0 Å². The number of likely N-dealkylation sites (N-methyl/N-ethyl adjacent to an activating group) is 1. The van der Waals surface area contributed by atoms with E-state index < -0.39 is 0 Å². The highest BCUT2D eigenvalue weighted by Crippen LogP contribution is 2.15. The second-order valence-corrected chi connectivity index (χ2v) is 2.98. The van der Waals surface area contributed by atoms with Gasteiger partial charge in [0.25, 0.3) is 0 Å². The molecule has 0 aliphatic heterocycles. The lowest BCUT2D eigenvalue weighted by Gasteiger charge is -2.19. The van der Waals surface area contributed by atoms with Crippen LogP contribution in [-0.4, -0.2) is 48.8 Å². The molecule has 7 nitrogen and oxygen atoms in total. The molecule has 7 heteroatoms. The third kappa shape index (κ3) is 2.93. The van der Waals surface area contributed by atoms with E-state index in [1.54, 1.807) is 0 Å². The van der Waals surface area contributed by atoms with E-state index in [1.807, 2.05) is 11.8 Å². The minimum atomic E-state index is 0.234. The maximum absolute atomic E-state index is 5.51. The van der Waals surface area contributed by atoms with Crippen LogP contribution in [0.1, 0.15) is 6.92 Å². The molecule has 1 aromatic heterocycles. The van der Waals surface area contributed by atoms with Crippen molar-refractivity contribution in [1.29, 1.82) is 0 Å². The van der Waals surface area contributed by atoms with Crippen LogP contribution in [0.15, 0.2) is 0 Å². The van der Waals surface area contributed by atoms with Crippen molar-refractivity contribution in [1.82, 2.24) is 15.0 Å². The van der Waals surface area contributed by atoms with Crippen LogP contribution >= 0.6 is 0 Å². The molecule has 0 radical (unpaired) electrons. The molecule has 0 aliphatic carbocycles. The molecule has 1 aromatic rings. The first-order chi connectivity index (χ1) is 7.74. The summed E-state index contributed by atoms with van der Waals surface area (Å²) in [6.07, 6.45) is 0. The number of anilines is 1. The zero-order valence-corrected chi connectivity index (χ0v) is 9.80. The van der Waals surface area contributed by atoms with Gasteiger partial charge in [-0.2, -0.15) is 9.97 Å². The molecule has 0 atom stereocenters. The van der Waals surface area contributed by atoms with Gasteiger partial charge in [-0.05, 0) is 6.92 Å². The third-order valence-electron chi connectivity index (χ3n) is 2.01. The topological polar surface area (TPSA) is 86.4 Å². The molecule has 0 fully saturated rings. The lowest BCUT2D eigenvalue weighted by molar-refractivity contribution is 0.340. The summed E-state index contributed by atoms with van der Waals surface area (Å²) in [5.41, 5.74) is 5.51. The lowest BCUT2D eigenvalue weighted by Crippen LogP contribution is -2.30. The standard InChI is InChI=1S/C9H17N5O2/c1-4-14(6-5-10)7-11-8(15-2)13-9(12-7)16-3/h4-6,10H2,1-3H3. The normalized spacial score (nSPS) is 10.0. The summed E-state index contributed by atoms with van der Waals surface area (Å²) in [5.74, 6) is 0.511. The van der Waals surface area contributed by atoms with Crippen molar-refractivity contribution in [3.63, 3.8) is 0 Å². The van der Waals surface area contributed by atoms with Gasteiger partial charge in [-0.1, -0.05) is 0 Å². The molecule has 16 heavy (non-hydrogen) atoms. The summed E-state index contributed by atoms with van der Waals surface area (Å²) in [4.78, 5) is 14.1. The van der Waals surface area contributed by atoms with Crippen LogP contribution in [0.3, 0.4) is 0 Å². The number of aromatic nitrogens is 3. The quantitative estimate of drug-likeness (QED) is 0.712. The average molecular weight is 227 g/mol. The van der Waals surface area contributed by atoms with Crippen LogP contribution in [0, 0.1) is 0 Å². The highest BCUT2D eigenvalue weighted by atomic mass is 16.5. The zero-order valence-electron chi connectivity index (χ0n) is 9.80. The molecule has 0 aromatic carbocycles. The Labute approximate surface area is 94.6 Å². The van der Waals surface area contributed by atoms with Crippen molar-refractivity contribution in [2.45, 2.75) is 6.92 Å². The number of hydrogen-bond acceptors (Lipinski definition) is 7. The van der Waals surface area contributed by atoms with Gasteiger partial charge in [0.05, 0.1) is 14.2 Å². The van der Waals surface area contributed by atoms with Gasteiger partial charge >= 0.3 is 12.0 Å². The number of methoxy groups -OCH3 is 2. The van der Waals surface area contributed by atoms with Crippen LogP contribution in [0.4, 0.5) is 5.95 Å². The van der Waals surface area contributed by atoms with Crippen molar-refractivity contribution in [2.24, 2.45) is 5.73 Å². The van der Waals surface area contributed by atoms with E-state index in [-0.39, 0.29) is 12.0 Å². The molecule has 0 saturated heterocycles. The third-order valence-corrected chi connectivity index (χ3v) is 2.01. The minimum Gasteiger partial charge on any atom is -0.467 e. The van der Waals surface area contributed by atoms with Gasteiger partial charge in [-0.15, -0.1) is 4.98 Å². The highest BCUT2D eigenvalue weighted by Gasteiger charge is 2.12. The molecule has 0 spiro atoms. The number of nitrogens with two attached hydrogens (primary N) is 1. The molecule has 1 rings (SSSR count). The van der Waals surface area contributed by atoms with E-state index in [2.05, 4.69) is 15.0 Å². The summed E-state index contributed by atoms with van der Waals surface area (Å²) in [6, 6.07) is 0.467. The summed E-state index contributed by atoms with van der Waals surface area (Å²) in [7, 11) is 3.00. The molecular weight excluding hydrogens is 210 g/mol. The largest absolute Gasteiger partial charge is 0.467 e. The van der Waals surface area contributed by atoms with Gasteiger partial charge in [0, 0.05) is 19.6 Å². The maximum Gasteiger partial charge on any atom is 0.324 e. The fraction of sp³-hybridized carbons (Fsp3) is 0.667. The average Bonchev–Trinajstić information content (AvgIpc) is 2.35. The second-order valence-electron chi connectivity index (χ2n) is 2.98. The number of rotatable bonds is 6. The van der Waals surface area contributed by atoms with Crippen LogP contribution in [0.5, 0.6) is 12.0 Å². The van der Waals surface area contributed by atoms with Gasteiger partial charge in [0.15, 0.2) is 0 Å². The van der Waals surface area contributed by atoms with Gasteiger partial charge in [-0.3, -0.25) is 0 Å². The Morgan fingerprint density at radius 1 is 1.12 bits per heavy atom. The number of hydrogen-bond donors (Lipinski definition) is 1. The van der Waals surface area contributed by atoms with Crippen LogP contribution < -0.4 is 20.1 Å². The Morgan fingerprint density at radius 3 is 2.06 bits per heavy atom. The first kappa shape index (κ1) is 12.4. The Bertz CT molecular complexity index is 311. The zero-order chi connectivity index (χ0) is 12.0. The summed E-state index contributed by atoms with van der Waals surface area (Å²) < 4.78 is 9.94. The number of nitrogens with zero attached hydrogens (tertiary/aromatic N) is 4. The minimum absolute atomic E-state index is 0.234.